The molecule has 0 aliphatic heterocycles. The van der Waals surface area contributed by atoms with E-state index in [-0.39, 0.29) is 6.61 Å². The summed E-state index contributed by atoms with van der Waals surface area (Å²) in [4.78, 5) is 19.8. The fourth-order valence-electron chi connectivity index (χ4n) is 2.02. The van der Waals surface area contributed by atoms with E-state index in [1.807, 2.05) is 6.92 Å². The molecule has 2 N–H and O–H groups in total. The summed E-state index contributed by atoms with van der Waals surface area (Å²) in [5.41, 5.74) is 7.70. The lowest BCUT2D eigenvalue weighted by molar-refractivity contribution is -0.142. The molecule has 1 aliphatic carbocycles. The topological polar surface area (TPSA) is 87.3 Å². The smallest absolute Gasteiger partial charge is 0.326 e. The van der Waals surface area contributed by atoms with Crippen LogP contribution in [0, 0.1) is 6.92 Å². The predicted octanol–water partition coefficient (Wildman–Crippen LogP) is 0.153. The van der Waals surface area contributed by atoms with Gasteiger partial charge in [-0.05, 0) is 26.2 Å². The first kappa shape index (κ1) is 12.8. The molecule has 6 heteroatoms. The Morgan fingerprint density at radius 1 is 1.44 bits per heavy atom. The number of methoxy groups -OCH3 is 1. The number of aromatic nitrogens is 2. The first-order valence-corrected chi connectivity index (χ1v) is 5.94. The van der Waals surface area contributed by atoms with E-state index in [1.54, 1.807) is 0 Å². The number of fused-ring (bicyclic) bond motifs is 1. The van der Waals surface area contributed by atoms with Gasteiger partial charge in [0.2, 0.25) is 5.88 Å². The second kappa shape index (κ2) is 5.30. The van der Waals surface area contributed by atoms with Gasteiger partial charge in [0, 0.05) is 5.56 Å². The number of carbonyl (C=O) groups is 1. The van der Waals surface area contributed by atoms with Gasteiger partial charge in [-0.25, -0.2) is 4.98 Å². The molecule has 1 heterocycles. The minimum Gasteiger partial charge on any atom is -0.475 e. The Kier molecular flexibility index (Phi) is 3.76. The number of nitrogens with two attached hydrogens (primary N) is 1. The third kappa shape index (κ3) is 2.59. The molecule has 0 saturated carbocycles. The summed E-state index contributed by atoms with van der Waals surface area (Å²) in [6.45, 7) is 1.89. The number of aryl methyl sites for hydroxylation is 2. The molecule has 1 aromatic heterocycles. The Labute approximate surface area is 106 Å². The number of hydrogen-bond donors (Lipinski definition) is 1. The van der Waals surface area contributed by atoms with Gasteiger partial charge in [0.15, 0.2) is 0 Å². The molecule has 1 aliphatic rings. The van der Waals surface area contributed by atoms with Gasteiger partial charge in [0.25, 0.3) is 0 Å². The predicted molar refractivity (Wildman–Crippen MR) is 64.3 cm³/mol. The Bertz CT molecular complexity index is 462. The van der Waals surface area contributed by atoms with Gasteiger partial charge in [-0.1, -0.05) is 0 Å². The zero-order valence-electron chi connectivity index (χ0n) is 10.6. The van der Waals surface area contributed by atoms with E-state index in [2.05, 4.69) is 14.7 Å². The van der Waals surface area contributed by atoms with Crippen LogP contribution >= 0.6 is 0 Å². The Balaban J connectivity index is 2.08. The minimum atomic E-state index is -0.790. The second-order valence-corrected chi connectivity index (χ2v) is 4.30. The van der Waals surface area contributed by atoms with Crippen LogP contribution in [0.2, 0.25) is 0 Å². The normalized spacial score (nSPS) is 15.1. The summed E-state index contributed by atoms with van der Waals surface area (Å²) < 4.78 is 10.1. The number of carbonyl (C=O) groups excluding carboxylic acids is 1. The third-order valence-electron chi connectivity index (χ3n) is 2.91. The molecule has 98 valence electrons. The lowest BCUT2D eigenvalue weighted by Gasteiger charge is -2.13. The van der Waals surface area contributed by atoms with Crippen molar-refractivity contribution in [2.75, 3.05) is 13.7 Å². The molecule has 0 aromatic carbocycles. The number of ether oxygens (including phenoxy) is 2. The number of hydrogen-bond acceptors (Lipinski definition) is 6. The van der Waals surface area contributed by atoms with Crippen molar-refractivity contribution in [3.63, 3.8) is 0 Å². The molecule has 2 rings (SSSR count). The average Bonchev–Trinajstić information content (AvgIpc) is 2.82. The number of esters is 1. The van der Waals surface area contributed by atoms with Gasteiger partial charge in [0.05, 0.1) is 12.8 Å². The lowest BCUT2D eigenvalue weighted by Crippen LogP contribution is -2.37. The molecule has 0 radical (unpaired) electrons. The molecule has 0 bridgehead atoms. The van der Waals surface area contributed by atoms with Crippen LogP contribution in [0.15, 0.2) is 0 Å². The van der Waals surface area contributed by atoms with Crippen molar-refractivity contribution in [3.05, 3.63) is 17.1 Å². The zero-order chi connectivity index (χ0) is 13.1. The van der Waals surface area contributed by atoms with Gasteiger partial charge in [-0.15, -0.1) is 0 Å². The lowest BCUT2D eigenvalue weighted by atomic mass is 10.2. The van der Waals surface area contributed by atoms with E-state index in [9.17, 15) is 4.79 Å². The van der Waals surface area contributed by atoms with Crippen LogP contribution in [0.4, 0.5) is 0 Å². The second-order valence-electron chi connectivity index (χ2n) is 4.30. The molecule has 0 amide bonds. The maximum atomic E-state index is 11.2. The maximum absolute atomic E-state index is 11.2. The highest BCUT2D eigenvalue weighted by Crippen LogP contribution is 2.27. The molecule has 18 heavy (non-hydrogen) atoms. The molecular weight excluding hydrogens is 234 g/mol. The molecule has 1 aromatic rings. The van der Waals surface area contributed by atoms with E-state index < -0.39 is 12.0 Å². The SMILES string of the molecule is COC(=O)C(N)COc1nc(C)nc2c1CCC2. The summed E-state index contributed by atoms with van der Waals surface area (Å²) in [6, 6.07) is -0.790. The van der Waals surface area contributed by atoms with Gasteiger partial charge in [-0.3, -0.25) is 4.79 Å². The number of nitrogens with zero attached hydrogens (tertiary/aromatic N) is 2. The Morgan fingerprint density at radius 3 is 2.94 bits per heavy atom. The largest absolute Gasteiger partial charge is 0.475 e. The van der Waals surface area contributed by atoms with E-state index in [4.69, 9.17) is 10.5 Å². The molecular formula is C12H17N3O3. The van der Waals surface area contributed by atoms with Crippen molar-refractivity contribution in [1.29, 1.82) is 0 Å². The fraction of sp³-hybridized carbons (Fsp3) is 0.583. The summed E-state index contributed by atoms with van der Waals surface area (Å²) in [6.07, 6.45) is 2.93. The zero-order valence-corrected chi connectivity index (χ0v) is 10.6. The van der Waals surface area contributed by atoms with Crippen LogP contribution in [-0.4, -0.2) is 35.7 Å². The van der Waals surface area contributed by atoms with Crippen LogP contribution < -0.4 is 10.5 Å². The summed E-state index contributed by atoms with van der Waals surface area (Å²) in [5.74, 6) is 0.740. The molecule has 0 saturated heterocycles. The standard InChI is InChI=1S/C12H17N3O3/c1-7-14-10-5-3-4-8(10)11(15-7)18-6-9(13)12(16)17-2/h9H,3-6,13H2,1-2H3. The number of rotatable bonds is 4. The van der Waals surface area contributed by atoms with Gasteiger partial charge < -0.3 is 15.2 Å². The van der Waals surface area contributed by atoms with E-state index >= 15 is 0 Å². The average molecular weight is 251 g/mol. The van der Waals surface area contributed by atoms with Crippen LogP contribution in [-0.2, 0) is 22.4 Å². The van der Waals surface area contributed by atoms with Gasteiger partial charge >= 0.3 is 5.97 Å². The Hall–Kier alpha value is -1.69. The van der Waals surface area contributed by atoms with E-state index in [0.717, 1.165) is 30.5 Å². The molecule has 0 fully saturated rings. The van der Waals surface area contributed by atoms with Crippen molar-refractivity contribution < 1.29 is 14.3 Å². The molecule has 1 atom stereocenters. The monoisotopic (exact) mass is 251 g/mol. The molecule has 0 spiro atoms. The van der Waals surface area contributed by atoms with Crippen LogP contribution in [0.3, 0.4) is 0 Å². The maximum Gasteiger partial charge on any atom is 0.326 e. The first-order valence-electron chi connectivity index (χ1n) is 5.94. The third-order valence-corrected chi connectivity index (χ3v) is 2.91. The van der Waals surface area contributed by atoms with Crippen molar-refractivity contribution in [3.8, 4) is 5.88 Å². The summed E-state index contributed by atoms with van der Waals surface area (Å²) >= 11 is 0. The van der Waals surface area contributed by atoms with Crippen molar-refractivity contribution in [2.24, 2.45) is 5.73 Å². The summed E-state index contributed by atoms with van der Waals surface area (Å²) in [7, 11) is 1.30. The van der Waals surface area contributed by atoms with Crippen molar-refractivity contribution in [2.45, 2.75) is 32.2 Å². The van der Waals surface area contributed by atoms with Gasteiger partial charge in [0.1, 0.15) is 18.5 Å². The minimum absolute atomic E-state index is 0.0650. The van der Waals surface area contributed by atoms with Gasteiger partial charge in [-0.2, -0.15) is 4.98 Å². The highest BCUT2D eigenvalue weighted by molar-refractivity contribution is 5.75. The van der Waals surface area contributed by atoms with Crippen LogP contribution in [0.25, 0.3) is 0 Å². The van der Waals surface area contributed by atoms with E-state index in [0.29, 0.717) is 11.7 Å². The fourth-order valence-corrected chi connectivity index (χ4v) is 2.02. The molecule has 1 unspecified atom stereocenters. The summed E-state index contributed by atoms with van der Waals surface area (Å²) in [5, 5.41) is 0. The van der Waals surface area contributed by atoms with Crippen molar-refractivity contribution >= 4 is 5.97 Å². The molecule has 6 nitrogen and oxygen atoms in total. The van der Waals surface area contributed by atoms with Crippen molar-refractivity contribution in [1.82, 2.24) is 9.97 Å². The first-order chi connectivity index (χ1) is 8.61. The Morgan fingerprint density at radius 2 is 2.22 bits per heavy atom. The van der Waals surface area contributed by atoms with Crippen LogP contribution in [0.1, 0.15) is 23.5 Å². The highest BCUT2D eigenvalue weighted by Gasteiger charge is 2.21. The van der Waals surface area contributed by atoms with E-state index in [1.165, 1.54) is 7.11 Å². The highest BCUT2D eigenvalue weighted by atomic mass is 16.5. The quantitative estimate of drug-likeness (QED) is 0.767. The van der Waals surface area contributed by atoms with Crippen LogP contribution in [0.5, 0.6) is 5.88 Å².